The Kier molecular flexibility index (Phi) is 3.48. The van der Waals surface area contributed by atoms with E-state index in [-0.39, 0.29) is 17.9 Å². The average Bonchev–Trinajstić information content (AvgIpc) is 2.35. The van der Waals surface area contributed by atoms with Gasteiger partial charge in [-0.05, 0) is 23.8 Å². The third-order valence-electron chi connectivity index (χ3n) is 2.58. The number of benzene rings is 2. The number of aliphatic hydroxyl groups is 1. The van der Waals surface area contributed by atoms with Crippen molar-refractivity contribution in [2.24, 2.45) is 0 Å². The molecule has 2 aromatic carbocycles. The molecule has 18 heavy (non-hydrogen) atoms. The number of carboxylic acids is 1. The van der Waals surface area contributed by atoms with E-state index in [0.717, 1.165) is 5.39 Å². The second-order valence-electron chi connectivity index (χ2n) is 4.13. The van der Waals surface area contributed by atoms with E-state index >= 15 is 0 Å². The van der Waals surface area contributed by atoms with Crippen LogP contribution < -0.4 is 4.74 Å². The zero-order valence-corrected chi connectivity index (χ0v) is 9.96. The van der Waals surface area contributed by atoms with Crippen LogP contribution >= 0.6 is 0 Å². The summed E-state index contributed by atoms with van der Waals surface area (Å²) >= 11 is 0. The Morgan fingerprint density at radius 3 is 2.67 bits per heavy atom. The van der Waals surface area contributed by atoms with E-state index in [0.29, 0.717) is 5.39 Å². The number of aromatic carboxylic acids is 1. The fourth-order valence-corrected chi connectivity index (χ4v) is 1.80. The van der Waals surface area contributed by atoms with Gasteiger partial charge in [0.25, 0.3) is 0 Å². The molecule has 2 rings (SSSR count). The summed E-state index contributed by atoms with van der Waals surface area (Å²) in [7, 11) is 0. The molecule has 0 radical (unpaired) electrons. The van der Waals surface area contributed by atoms with Gasteiger partial charge in [-0.25, -0.2) is 4.79 Å². The number of hydrogen-bond donors (Lipinski definition) is 2. The molecule has 2 aromatic rings. The number of rotatable bonds is 4. The second-order valence-corrected chi connectivity index (χ2v) is 4.13. The summed E-state index contributed by atoms with van der Waals surface area (Å²) in [4.78, 5) is 11.3. The maximum absolute atomic E-state index is 11.3. The van der Waals surface area contributed by atoms with Crippen molar-refractivity contribution >= 4 is 16.7 Å². The van der Waals surface area contributed by atoms with E-state index in [4.69, 9.17) is 4.74 Å². The van der Waals surface area contributed by atoms with Gasteiger partial charge in [-0.2, -0.15) is 0 Å². The fourth-order valence-electron chi connectivity index (χ4n) is 1.80. The lowest BCUT2D eigenvalue weighted by atomic mass is 10.0. The lowest BCUT2D eigenvalue weighted by Crippen LogP contribution is -2.14. The van der Waals surface area contributed by atoms with E-state index in [1.165, 1.54) is 0 Å². The summed E-state index contributed by atoms with van der Waals surface area (Å²) in [5.41, 5.74) is 0.133. The van der Waals surface area contributed by atoms with E-state index < -0.39 is 12.1 Å². The highest BCUT2D eigenvalue weighted by Gasteiger charge is 2.15. The summed E-state index contributed by atoms with van der Waals surface area (Å²) in [5.74, 6) is -0.755. The van der Waals surface area contributed by atoms with Crippen molar-refractivity contribution in [3.05, 3.63) is 42.0 Å². The normalized spacial score (nSPS) is 12.3. The average molecular weight is 246 g/mol. The van der Waals surface area contributed by atoms with Crippen LogP contribution in [0, 0.1) is 0 Å². The molecule has 1 atom stereocenters. The van der Waals surface area contributed by atoms with Crippen molar-refractivity contribution in [3.8, 4) is 5.75 Å². The van der Waals surface area contributed by atoms with Crippen molar-refractivity contribution in [1.29, 1.82) is 0 Å². The molecule has 0 aliphatic carbocycles. The maximum Gasteiger partial charge on any atom is 0.340 e. The van der Waals surface area contributed by atoms with Gasteiger partial charge in [0.15, 0.2) is 0 Å². The van der Waals surface area contributed by atoms with Crippen LogP contribution in [0.15, 0.2) is 36.4 Å². The molecular formula is C14H14O4. The molecule has 0 amide bonds. The lowest BCUT2D eigenvalue weighted by molar-refractivity contribution is 0.0688. The molecule has 2 N–H and O–H groups in total. The molecule has 94 valence electrons. The predicted molar refractivity (Wildman–Crippen MR) is 68.1 cm³/mol. The largest absolute Gasteiger partial charge is 0.490 e. The van der Waals surface area contributed by atoms with E-state index in [1.54, 1.807) is 31.2 Å². The highest BCUT2D eigenvalue weighted by Crippen LogP contribution is 2.28. The van der Waals surface area contributed by atoms with Crippen LogP contribution in [0.5, 0.6) is 5.75 Å². The minimum absolute atomic E-state index is 0.0681. The Morgan fingerprint density at radius 1 is 1.28 bits per heavy atom. The zero-order valence-electron chi connectivity index (χ0n) is 9.96. The number of carbonyl (C=O) groups is 1. The van der Waals surface area contributed by atoms with E-state index in [2.05, 4.69) is 0 Å². The molecule has 0 saturated heterocycles. The predicted octanol–water partition coefficient (Wildman–Crippen LogP) is 2.30. The first-order valence-electron chi connectivity index (χ1n) is 5.65. The quantitative estimate of drug-likeness (QED) is 0.868. The minimum Gasteiger partial charge on any atom is -0.490 e. The molecule has 1 unspecified atom stereocenters. The van der Waals surface area contributed by atoms with Crippen LogP contribution in [-0.2, 0) is 0 Å². The van der Waals surface area contributed by atoms with Gasteiger partial charge in [0, 0.05) is 0 Å². The minimum atomic E-state index is -1.03. The van der Waals surface area contributed by atoms with Gasteiger partial charge in [-0.3, -0.25) is 0 Å². The smallest absolute Gasteiger partial charge is 0.340 e. The van der Waals surface area contributed by atoms with Gasteiger partial charge in [0.05, 0.1) is 6.10 Å². The Hall–Kier alpha value is -2.07. The van der Waals surface area contributed by atoms with Gasteiger partial charge < -0.3 is 14.9 Å². The molecule has 0 aliphatic rings. The summed E-state index contributed by atoms with van der Waals surface area (Å²) in [6.45, 7) is 1.65. The van der Waals surface area contributed by atoms with E-state index in [9.17, 15) is 15.0 Å². The Morgan fingerprint density at radius 2 is 2.00 bits per heavy atom. The van der Waals surface area contributed by atoms with Crippen molar-refractivity contribution in [3.63, 3.8) is 0 Å². The van der Waals surface area contributed by atoms with Crippen LogP contribution in [0.4, 0.5) is 0 Å². The zero-order chi connectivity index (χ0) is 13.1. The van der Waals surface area contributed by atoms with Crippen molar-refractivity contribution in [2.75, 3.05) is 6.61 Å². The van der Waals surface area contributed by atoms with Crippen LogP contribution in [0.3, 0.4) is 0 Å². The van der Waals surface area contributed by atoms with Gasteiger partial charge >= 0.3 is 5.97 Å². The molecule has 0 aromatic heterocycles. The Balaban J connectivity index is 2.52. The SMILES string of the molecule is CC(O)COc1ccc2ccccc2c1C(=O)O. The van der Waals surface area contributed by atoms with Crippen LogP contribution in [0.25, 0.3) is 10.8 Å². The molecule has 4 heteroatoms. The van der Waals surface area contributed by atoms with E-state index in [1.807, 2.05) is 12.1 Å². The molecule has 0 spiro atoms. The van der Waals surface area contributed by atoms with Crippen LogP contribution in [0.2, 0.25) is 0 Å². The van der Waals surface area contributed by atoms with Crippen molar-refractivity contribution < 1.29 is 19.7 Å². The molecule has 4 nitrogen and oxygen atoms in total. The topological polar surface area (TPSA) is 66.8 Å². The first-order chi connectivity index (χ1) is 8.59. The van der Waals surface area contributed by atoms with Crippen LogP contribution in [0.1, 0.15) is 17.3 Å². The summed E-state index contributed by atoms with van der Waals surface area (Å²) in [5, 5.41) is 19.9. The van der Waals surface area contributed by atoms with Gasteiger partial charge in [-0.15, -0.1) is 0 Å². The lowest BCUT2D eigenvalue weighted by Gasteiger charge is -2.12. The number of carboxylic acid groups (broad SMARTS) is 1. The van der Waals surface area contributed by atoms with Crippen molar-refractivity contribution in [1.82, 2.24) is 0 Å². The monoisotopic (exact) mass is 246 g/mol. The summed E-state index contributed by atoms with van der Waals surface area (Å²) in [6.07, 6.45) is -0.641. The summed E-state index contributed by atoms with van der Waals surface area (Å²) in [6, 6.07) is 10.7. The molecule has 0 aliphatic heterocycles. The molecular weight excluding hydrogens is 232 g/mol. The fraction of sp³-hybridized carbons (Fsp3) is 0.214. The first-order valence-corrected chi connectivity index (χ1v) is 5.65. The highest BCUT2D eigenvalue weighted by molar-refractivity contribution is 6.06. The molecule has 0 bridgehead atoms. The first kappa shape index (κ1) is 12.4. The number of hydrogen-bond acceptors (Lipinski definition) is 3. The van der Waals surface area contributed by atoms with Crippen molar-refractivity contribution in [2.45, 2.75) is 13.0 Å². The summed E-state index contributed by atoms with van der Waals surface area (Å²) < 4.78 is 5.34. The Bertz CT molecular complexity index is 575. The Labute approximate surface area is 104 Å². The number of ether oxygens (including phenoxy) is 1. The molecule has 0 heterocycles. The van der Waals surface area contributed by atoms with Gasteiger partial charge in [0.1, 0.15) is 17.9 Å². The van der Waals surface area contributed by atoms with Gasteiger partial charge in [0.2, 0.25) is 0 Å². The molecule has 0 saturated carbocycles. The number of fused-ring (bicyclic) bond motifs is 1. The third-order valence-corrected chi connectivity index (χ3v) is 2.58. The highest BCUT2D eigenvalue weighted by atomic mass is 16.5. The second kappa shape index (κ2) is 5.06. The molecule has 0 fully saturated rings. The maximum atomic E-state index is 11.3. The third kappa shape index (κ3) is 2.43. The standard InChI is InChI=1S/C14H14O4/c1-9(15)8-18-12-7-6-10-4-2-3-5-11(10)13(12)14(16)17/h2-7,9,15H,8H2,1H3,(H,16,17). The number of aliphatic hydroxyl groups excluding tert-OH is 1. The van der Waals surface area contributed by atoms with Gasteiger partial charge in [-0.1, -0.05) is 30.3 Å². The van der Waals surface area contributed by atoms with Crippen LogP contribution in [-0.4, -0.2) is 28.9 Å².